The Kier molecular flexibility index (Phi) is 3.70. The number of ether oxygens (including phenoxy) is 1. The number of aromatic nitrogens is 2. The number of carbonyl (C=O) groups excluding carboxylic acids is 1. The van der Waals surface area contributed by atoms with Gasteiger partial charge in [0.2, 0.25) is 11.9 Å². The Labute approximate surface area is 130 Å². The molecule has 3 heterocycles. The van der Waals surface area contributed by atoms with Crippen LogP contribution >= 0.6 is 0 Å². The lowest BCUT2D eigenvalue weighted by atomic mass is 9.82. The number of rotatable bonds is 4. The predicted molar refractivity (Wildman–Crippen MR) is 81.3 cm³/mol. The van der Waals surface area contributed by atoms with E-state index in [4.69, 9.17) is 4.74 Å². The Morgan fingerprint density at radius 2 is 2.09 bits per heavy atom. The predicted octanol–water partition coefficient (Wildman–Crippen LogP) is 0.844. The number of hydrogen-bond donors (Lipinski definition) is 1. The molecule has 6 heteroatoms. The lowest BCUT2D eigenvalue weighted by Crippen LogP contribution is -2.53. The first-order chi connectivity index (χ1) is 10.8. The third kappa shape index (κ3) is 2.79. The normalized spacial score (nSPS) is 30.9. The van der Waals surface area contributed by atoms with Gasteiger partial charge < -0.3 is 15.0 Å². The zero-order chi connectivity index (χ0) is 14.9. The van der Waals surface area contributed by atoms with Gasteiger partial charge in [0.15, 0.2) is 0 Å². The van der Waals surface area contributed by atoms with Crippen LogP contribution in [0.1, 0.15) is 19.3 Å². The summed E-state index contributed by atoms with van der Waals surface area (Å²) in [7, 11) is 0. The number of hydrogen-bond acceptors (Lipinski definition) is 5. The topological polar surface area (TPSA) is 67.4 Å². The number of nitrogens with zero attached hydrogens (tertiary/aromatic N) is 3. The van der Waals surface area contributed by atoms with Gasteiger partial charge in [0.05, 0.1) is 12.0 Å². The van der Waals surface area contributed by atoms with Crippen molar-refractivity contribution in [3.8, 4) is 0 Å². The smallest absolute Gasteiger partial charge is 0.225 e. The Bertz CT molecular complexity index is 534. The molecule has 1 aliphatic carbocycles. The van der Waals surface area contributed by atoms with E-state index < -0.39 is 0 Å². The average molecular weight is 302 g/mol. The van der Waals surface area contributed by atoms with Gasteiger partial charge in [-0.25, -0.2) is 9.97 Å². The van der Waals surface area contributed by atoms with E-state index >= 15 is 0 Å². The largest absolute Gasteiger partial charge is 0.376 e. The summed E-state index contributed by atoms with van der Waals surface area (Å²) >= 11 is 0. The molecule has 118 valence electrons. The molecule has 0 aromatic carbocycles. The van der Waals surface area contributed by atoms with Crippen molar-refractivity contribution in [2.75, 3.05) is 31.1 Å². The second-order valence-corrected chi connectivity index (χ2v) is 6.61. The third-order valence-corrected chi connectivity index (χ3v) is 5.03. The fourth-order valence-electron chi connectivity index (χ4n) is 3.57. The summed E-state index contributed by atoms with van der Waals surface area (Å²) in [4.78, 5) is 23.4. The molecule has 2 saturated heterocycles. The molecule has 0 radical (unpaired) electrons. The molecule has 3 atom stereocenters. The van der Waals surface area contributed by atoms with E-state index in [9.17, 15) is 4.79 Å². The monoisotopic (exact) mass is 302 g/mol. The number of carbonyl (C=O) groups is 1. The Morgan fingerprint density at radius 1 is 1.27 bits per heavy atom. The van der Waals surface area contributed by atoms with Gasteiger partial charge in [0.1, 0.15) is 0 Å². The van der Waals surface area contributed by atoms with E-state index in [1.807, 2.05) is 6.07 Å². The number of anilines is 1. The van der Waals surface area contributed by atoms with Crippen LogP contribution in [0.4, 0.5) is 5.95 Å². The fraction of sp³-hybridized carbons (Fsp3) is 0.688. The van der Waals surface area contributed by atoms with Crippen molar-refractivity contribution in [2.45, 2.75) is 25.4 Å². The molecule has 1 aromatic rings. The molecule has 6 nitrogen and oxygen atoms in total. The maximum Gasteiger partial charge on any atom is 0.225 e. The molecular formula is C16H22N4O2. The van der Waals surface area contributed by atoms with E-state index in [2.05, 4.69) is 20.2 Å². The van der Waals surface area contributed by atoms with Crippen LogP contribution in [0.2, 0.25) is 0 Å². The van der Waals surface area contributed by atoms with Gasteiger partial charge >= 0.3 is 0 Å². The second kappa shape index (κ2) is 5.83. The number of amides is 1. The van der Waals surface area contributed by atoms with Crippen LogP contribution < -0.4 is 10.2 Å². The highest BCUT2D eigenvalue weighted by Crippen LogP contribution is 2.35. The molecule has 0 spiro atoms. The SMILES string of the molecule is O=C(NCC1CC1)[C@@H]1CN(c2ncccn2)C[C@@H]2OCC[C@@H]21. The second-order valence-electron chi connectivity index (χ2n) is 6.61. The number of piperidine rings is 1. The van der Waals surface area contributed by atoms with Crippen molar-refractivity contribution in [3.63, 3.8) is 0 Å². The first-order valence-electron chi connectivity index (χ1n) is 8.22. The van der Waals surface area contributed by atoms with E-state index in [0.29, 0.717) is 24.3 Å². The minimum Gasteiger partial charge on any atom is -0.376 e. The van der Waals surface area contributed by atoms with E-state index in [1.165, 1.54) is 12.8 Å². The van der Waals surface area contributed by atoms with Gasteiger partial charge in [0.25, 0.3) is 0 Å². The summed E-state index contributed by atoms with van der Waals surface area (Å²) in [6.45, 7) is 3.05. The summed E-state index contributed by atoms with van der Waals surface area (Å²) in [6.07, 6.45) is 7.09. The minimum absolute atomic E-state index is 0.0243. The summed E-state index contributed by atoms with van der Waals surface area (Å²) in [5.41, 5.74) is 0. The molecule has 1 aromatic heterocycles. The summed E-state index contributed by atoms with van der Waals surface area (Å²) in [5.74, 6) is 1.88. The maximum absolute atomic E-state index is 12.6. The van der Waals surface area contributed by atoms with Gasteiger partial charge in [0, 0.05) is 44.6 Å². The van der Waals surface area contributed by atoms with Gasteiger partial charge in [-0.15, -0.1) is 0 Å². The van der Waals surface area contributed by atoms with Gasteiger partial charge in [-0.1, -0.05) is 0 Å². The first-order valence-corrected chi connectivity index (χ1v) is 8.22. The van der Waals surface area contributed by atoms with E-state index in [1.54, 1.807) is 12.4 Å². The fourth-order valence-corrected chi connectivity index (χ4v) is 3.57. The van der Waals surface area contributed by atoms with Crippen LogP contribution in [0.5, 0.6) is 0 Å². The van der Waals surface area contributed by atoms with Gasteiger partial charge in [-0.05, 0) is 31.2 Å². The Hall–Kier alpha value is -1.69. The zero-order valence-electron chi connectivity index (χ0n) is 12.6. The van der Waals surface area contributed by atoms with Crippen LogP contribution in [0.25, 0.3) is 0 Å². The zero-order valence-corrected chi connectivity index (χ0v) is 12.6. The molecule has 0 unspecified atom stereocenters. The summed E-state index contributed by atoms with van der Waals surface area (Å²) in [6, 6.07) is 1.81. The van der Waals surface area contributed by atoms with Crippen molar-refractivity contribution in [3.05, 3.63) is 18.5 Å². The highest BCUT2D eigenvalue weighted by Gasteiger charge is 2.44. The maximum atomic E-state index is 12.6. The lowest BCUT2D eigenvalue weighted by molar-refractivity contribution is -0.127. The molecule has 1 saturated carbocycles. The number of nitrogens with one attached hydrogen (secondary N) is 1. The Morgan fingerprint density at radius 3 is 2.86 bits per heavy atom. The van der Waals surface area contributed by atoms with Crippen LogP contribution in [0, 0.1) is 17.8 Å². The quantitative estimate of drug-likeness (QED) is 0.893. The molecule has 2 aliphatic heterocycles. The van der Waals surface area contributed by atoms with Crippen molar-refractivity contribution in [1.29, 1.82) is 0 Å². The standard InChI is InChI=1S/C16H22N4O2/c21-15(19-8-11-2-3-11)13-9-20(16-17-5-1-6-18-16)10-14-12(13)4-7-22-14/h1,5-6,11-14H,2-4,7-10H2,(H,19,21)/t12-,13-,14+/m1/s1. The highest BCUT2D eigenvalue weighted by molar-refractivity contribution is 5.80. The molecular weight excluding hydrogens is 280 g/mol. The molecule has 0 bridgehead atoms. The van der Waals surface area contributed by atoms with Crippen molar-refractivity contribution in [2.24, 2.45) is 17.8 Å². The molecule has 3 aliphatic rings. The molecule has 3 fully saturated rings. The van der Waals surface area contributed by atoms with E-state index in [-0.39, 0.29) is 17.9 Å². The minimum atomic E-state index is -0.0243. The summed E-state index contributed by atoms with van der Waals surface area (Å²) < 4.78 is 5.85. The first kappa shape index (κ1) is 13.9. The highest BCUT2D eigenvalue weighted by atomic mass is 16.5. The van der Waals surface area contributed by atoms with Crippen molar-refractivity contribution in [1.82, 2.24) is 15.3 Å². The van der Waals surface area contributed by atoms with E-state index in [0.717, 1.165) is 26.1 Å². The lowest BCUT2D eigenvalue weighted by Gasteiger charge is -2.39. The average Bonchev–Trinajstić information content (AvgIpc) is 3.27. The van der Waals surface area contributed by atoms with Crippen molar-refractivity contribution >= 4 is 11.9 Å². The Balaban J connectivity index is 1.48. The number of fused-ring (bicyclic) bond motifs is 1. The van der Waals surface area contributed by atoms with Crippen molar-refractivity contribution < 1.29 is 9.53 Å². The van der Waals surface area contributed by atoms with Gasteiger partial charge in [-0.2, -0.15) is 0 Å². The third-order valence-electron chi connectivity index (χ3n) is 5.03. The van der Waals surface area contributed by atoms with Crippen LogP contribution in [-0.4, -0.2) is 48.2 Å². The molecule has 4 rings (SSSR count). The summed E-state index contributed by atoms with van der Waals surface area (Å²) in [5, 5.41) is 3.14. The van der Waals surface area contributed by atoms with Crippen LogP contribution in [-0.2, 0) is 9.53 Å². The molecule has 1 N–H and O–H groups in total. The van der Waals surface area contributed by atoms with Crippen LogP contribution in [0.15, 0.2) is 18.5 Å². The van der Waals surface area contributed by atoms with Gasteiger partial charge in [-0.3, -0.25) is 4.79 Å². The molecule has 1 amide bonds. The molecule has 22 heavy (non-hydrogen) atoms. The van der Waals surface area contributed by atoms with Crippen LogP contribution in [0.3, 0.4) is 0 Å².